The zero-order valence-corrected chi connectivity index (χ0v) is 19.8. The number of para-hydroxylation sites is 1. The third-order valence-corrected chi connectivity index (χ3v) is 6.97. The lowest BCUT2D eigenvalue weighted by Gasteiger charge is -2.16. The topological polar surface area (TPSA) is 63.9 Å². The number of benzene rings is 3. The van der Waals surface area contributed by atoms with E-state index in [1.807, 2.05) is 30.3 Å². The number of fused-ring (bicyclic) bond motifs is 4. The second-order valence-corrected chi connectivity index (χ2v) is 9.18. The second kappa shape index (κ2) is 8.88. The van der Waals surface area contributed by atoms with Crippen LogP contribution in [0.4, 0.5) is 0 Å². The molecule has 1 heterocycles. The third kappa shape index (κ3) is 3.81. The number of aliphatic imine (C=N–C) groups is 1. The van der Waals surface area contributed by atoms with E-state index in [9.17, 15) is 0 Å². The smallest absolute Gasteiger partial charge is 0.179 e. The summed E-state index contributed by atoms with van der Waals surface area (Å²) in [5.41, 5.74) is 9.44. The highest BCUT2D eigenvalue weighted by atomic mass is 16.3. The molecule has 3 aromatic carbocycles. The Hall–Kier alpha value is -4.18. The number of furan rings is 1. The van der Waals surface area contributed by atoms with Gasteiger partial charge < -0.3 is 10.3 Å². The van der Waals surface area contributed by atoms with Gasteiger partial charge in [-0.1, -0.05) is 72.3 Å². The van der Waals surface area contributed by atoms with E-state index in [0.717, 1.165) is 70.0 Å². The van der Waals surface area contributed by atoms with E-state index in [0.29, 0.717) is 5.84 Å². The number of hydrazone groups is 1. The summed E-state index contributed by atoms with van der Waals surface area (Å²) < 4.78 is 6.19. The summed E-state index contributed by atoms with van der Waals surface area (Å²) in [6.45, 7) is 2.13. The number of amidine groups is 1. The van der Waals surface area contributed by atoms with Gasteiger partial charge in [0.15, 0.2) is 5.84 Å². The highest BCUT2D eigenvalue weighted by Crippen LogP contribution is 2.33. The summed E-state index contributed by atoms with van der Waals surface area (Å²) in [4.78, 5) is 5.16. The van der Waals surface area contributed by atoms with Crippen LogP contribution in [0.25, 0.3) is 28.0 Å². The van der Waals surface area contributed by atoms with E-state index in [-0.39, 0.29) is 0 Å². The molecule has 172 valence electrons. The van der Waals surface area contributed by atoms with Crippen LogP contribution in [0.15, 0.2) is 105 Å². The molecule has 0 saturated heterocycles. The average molecular weight is 458 g/mol. The summed E-state index contributed by atoms with van der Waals surface area (Å²) in [6.07, 6.45) is 12.9. The van der Waals surface area contributed by atoms with E-state index in [2.05, 4.69) is 66.7 Å². The lowest BCUT2D eigenvalue weighted by atomic mass is 9.91. The Morgan fingerprint density at radius 3 is 2.60 bits per heavy atom. The van der Waals surface area contributed by atoms with Gasteiger partial charge in [-0.3, -0.25) is 0 Å². The highest BCUT2D eigenvalue weighted by Gasteiger charge is 2.20. The van der Waals surface area contributed by atoms with Crippen LogP contribution in [0.1, 0.15) is 48.4 Å². The van der Waals surface area contributed by atoms with Gasteiger partial charge >= 0.3 is 0 Å². The number of rotatable bonds is 3. The number of allylic oxidation sites excluding steroid dienone is 3. The quantitative estimate of drug-likeness (QED) is 0.152. The van der Waals surface area contributed by atoms with Crippen LogP contribution in [0.2, 0.25) is 0 Å². The lowest BCUT2D eigenvalue weighted by Crippen LogP contribution is -2.13. The maximum atomic E-state index is 6.19. The fourth-order valence-electron chi connectivity index (χ4n) is 5.13. The minimum atomic E-state index is 0.548. The molecule has 0 fully saturated rings. The van der Waals surface area contributed by atoms with Crippen LogP contribution in [0.5, 0.6) is 0 Å². The Morgan fingerprint density at radius 1 is 0.886 bits per heavy atom. The molecular formula is C31H27N3O. The first-order valence-corrected chi connectivity index (χ1v) is 12.2. The first kappa shape index (κ1) is 21.4. The fraction of sp³-hybridized carbons (Fsp3) is 0.161. The number of hydrogen-bond acceptors (Lipinski definition) is 3. The Kier molecular flexibility index (Phi) is 5.42. The molecule has 0 saturated carbocycles. The fourth-order valence-corrected chi connectivity index (χ4v) is 5.13. The van der Waals surface area contributed by atoms with Crippen molar-refractivity contribution in [3.63, 3.8) is 0 Å². The molecule has 6 rings (SSSR count). The summed E-state index contributed by atoms with van der Waals surface area (Å²) in [6, 6.07) is 20.9. The molecule has 1 aromatic heterocycles. The predicted octanol–water partition coefficient (Wildman–Crippen LogP) is 7.32. The van der Waals surface area contributed by atoms with Gasteiger partial charge in [-0.05, 0) is 61.9 Å². The minimum absolute atomic E-state index is 0.548. The zero-order chi connectivity index (χ0) is 23.8. The third-order valence-electron chi connectivity index (χ3n) is 6.97. The first-order chi connectivity index (χ1) is 17.2. The van der Waals surface area contributed by atoms with Crippen LogP contribution in [-0.2, 0) is 6.42 Å². The van der Waals surface area contributed by atoms with Gasteiger partial charge in [-0.15, -0.1) is 0 Å². The predicted molar refractivity (Wildman–Crippen MR) is 146 cm³/mol. The van der Waals surface area contributed by atoms with Gasteiger partial charge in [0.2, 0.25) is 0 Å². The van der Waals surface area contributed by atoms with E-state index in [1.165, 1.54) is 16.7 Å². The van der Waals surface area contributed by atoms with Gasteiger partial charge in [0.25, 0.3) is 0 Å². The highest BCUT2D eigenvalue weighted by molar-refractivity contribution is 6.27. The molecule has 0 spiro atoms. The maximum Gasteiger partial charge on any atom is 0.179 e. The van der Waals surface area contributed by atoms with Crippen LogP contribution in [0.3, 0.4) is 0 Å². The number of aryl methyl sites for hydroxylation is 1. The Bertz CT molecular complexity index is 1610. The van der Waals surface area contributed by atoms with Crippen molar-refractivity contribution in [1.82, 2.24) is 0 Å². The molecule has 0 radical (unpaired) electrons. The zero-order valence-electron chi connectivity index (χ0n) is 19.8. The van der Waals surface area contributed by atoms with Crippen molar-refractivity contribution in [2.45, 2.75) is 32.6 Å². The Morgan fingerprint density at radius 2 is 1.71 bits per heavy atom. The molecule has 2 N–H and O–H groups in total. The summed E-state index contributed by atoms with van der Waals surface area (Å²) >= 11 is 0. The van der Waals surface area contributed by atoms with Crippen molar-refractivity contribution in [3.8, 4) is 0 Å². The van der Waals surface area contributed by atoms with Crippen molar-refractivity contribution in [1.29, 1.82) is 0 Å². The molecule has 0 bridgehead atoms. The monoisotopic (exact) mass is 457 g/mol. The normalized spacial score (nSPS) is 16.4. The SMILES string of the molecule is CC1=C(/C(N=C(c2ccc3c(c2)C=CCC3)c2cccc3oc4ccccc4c23)=N/N)C=CCC1. The summed E-state index contributed by atoms with van der Waals surface area (Å²) in [7, 11) is 0. The molecule has 0 unspecified atom stereocenters. The van der Waals surface area contributed by atoms with Gasteiger partial charge in [0.05, 0.1) is 5.71 Å². The molecule has 2 aliphatic rings. The summed E-state index contributed by atoms with van der Waals surface area (Å²) in [5, 5.41) is 6.28. The molecule has 4 nitrogen and oxygen atoms in total. The van der Waals surface area contributed by atoms with Gasteiger partial charge in [-0.25, -0.2) is 4.99 Å². The standard InChI is InChI=1S/C31H27N3O/c1-20-9-2-5-12-24(20)31(34-32)33-30(23-18-17-21-10-3-4-11-22(21)19-23)26-14-8-16-28-29(26)25-13-6-7-15-27(25)35-28/h4-8,11-19H,2-3,9-10,32H2,1H3/b33-30?,34-31-. The van der Waals surface area contributed by atoms with Gasteiger partial charge in [-0.2, -0.15) is 5.10 Å². The van der Waals surface area contributed by atoms with Crippen molar-refractivity contribution < 1.29 is 4.42 Å². The minimum Gasteiger partial charge on any atom is -0.456 e. The van der Waals surface area contributed by atoms with Crippen LogP contribution in [-0.4, -0.2) is 11.5 Å². The molecule has 0 atom stereocenters. The van der Waals surface area contributed by atoms with E-state index >= 15 is 0 Å². The van der Waals surface area contributed by atoms with Crippen molar-refractivity contribution in [2.75, 3.05) is 0 Å². The van der Waals surface area contributed by atoms with E-state index in [4.69, 9.17) is 15.3 Å². The lowest BCUT2D eigenvalue weighted by molar-refractivity contribution is 0.669. The van der Waals surface area contributed by atoms with Crippen LogP contribution >= 0.6 is 0 Å². The molecule has 4 aromatic rings. The second-order valence-electron chi connectivity index (χ2n) is 9.18. The Labute approximate surface area is 204 Å². The van der Waals surface area contributed by atoms with Crippen molar-refractivity contribution >= 4 is 39.6 Å². The van der Waals surface area contributed by atoms with Gasteiger partial charge in [0.1, 0.15) is 11.2 Å². The molecule has 0 aliphatic heterocycles. The number of hydrogen-bond donors (Lipinski definition) is 1. The average Bonchev–Trinajstić information content (AvgIpc) is 3.29. The number of nitrogens with zero attached hydrogens (tertiary/aromatic N) is 2. The molecule has 2 aliphatic carbocycles. The molecule has 0 amide bonds. The van der Waals surface area contributed by atoms with Crippen molar-refractivity contribution in [3.05, 3.63) is 112 Å². The maximum absolute atomic E-state index is 6.19. The summed E-state index contributed by atoms with van der Waals surface area (Å²) in [5.74, 6) is 6.50. The first-order valence-electron chi connectivity index (χ1n) is 12.2. The van der Waals surface area contributed by atoms with Gasteiger partial charge in [0, 0.05) is 27.5 Å². The van der Waals surface area contributed by atoms with Crippen LogP contribution < -0.4 is 5.84 Å². The van der Waals surface area contributed by atoms with E-state index in [1.54, 1.807) is 0 Å². The Balaban J connectivity index is 1.63. The largest absolute Gasteiger partial charge is 0.456 e. The molecule has 35 heavy (non-hydrogen) atoms. The van der Waals surface area contributed by atoms with E-state index < -0.39 is 0 Å². The van der Waals surface area contributed by atoms with Crippen LogP contribution in [0, 0.1) is 0 Å². The molecular weight excluding hydrogens is 430 g/mol. The molecule has 4 heteroatoms. The van der Waals surface area contributed by atoms with Crippen molar-refractivity contribution in [2.24, 2.45) is 15.9 Å². The number of nitrogens with two attached hydrogens (primary N) is 1.